The van der Waals surface area contributed by atoms with Gasteiger partial charge in [0.1, 0.15) is 0 Å². The van der Waals surface area contributed by atoms with Crippen molar-refractivity contribution < 1.29 is 0 Å². The Morgan fingerprint density at radius 3 is 2.43 bits per heavy atom. The first-order valence-corrected chi connectivity index (χ1v) is 8.78. The maximum absolute atomic E-state index is 2.43. The summed E-state index contributed by atoms with van der Waals surface area (Å²) in [5.41, 5.74) is 4.47. The molecule has 0 N–H and O–H groups in total. The third-order valence-electron chi connectivity index (χ3n) is 3.11. The van der Waals surface area contributed by atoms with Gasteiger partial charge in [0.15, 0.2) is 0 Å². The lowest BCUT2D eigenvalue weighted by molar-refractivity contribution is 1.21. The van der Waals surface area contributed by atoms with E-state index < -0.39 is 8.07 Å². The molecule has 0 saturated carbocycles. The van der Waals surface area contributed by atoms with E-state index in [0.717, 1.165) is 0 Å². The van der Waals surface area contributed by atoms with Gasteiger partial charge < -0.3 is 0 Å². The predicted molar refractivity (Wildman–Crippen MR) is 66.2 cm³/mol. The van der Waals surface area contributed by atoms with Gasteiger partial charge in [-0.3, -0.25) is 0 Å². The number of allylic oxidation sites excluding steroid dienone is 1. The van der Waals surface area contributed by atoms with Crippen LogP contribution in [0.25, 0.3) is 6.08 Å². The molecule has 0 spiro atoms. The molecule has 0 bridgehead atoms. The van der Waals surface area contributed by atoms with Crippen molar-refractivity contribution in [3.05, 3.63) is 40.1 Å². The zero-order chi connectivity index (χ0) is 10.3. The third kappa shape index (κ3) is 1.57. The van der Waals surface area contributed by atoms with E-state index in [2.05, 4.69) is 50.8 Å². The molecule has 1 heteroatoms. The molecule has 0 heterocycles. The summed E-state index contributed by atoms with van der Waals surface area (Å²) in [6.45, 7) is 9.51. The minimum Gasteiger partial charge on any atom is -0.0761 e. The number of aryl methyl sites for hydroxylation is 1. The molecule has 2 rings (SSSR count). The number of fused-ring (bicyclic) bond motifs is 1. The zero-order valence-corrected chi connectivity index (χ0v) is 10.5. The van der Waals surface area contributed by atoms with E-state index >= 15 is 0 Å². The number of rotatable bonds is 1. The molecular formula is C13H18Si. The van der Waals surface area contributed by atoms with Crippen LogP contribution in [-0.2, 0) is 6.42 Å². The highest BCUT2D eigenvalue weighted by molar-refractivity contribution is 6.83. The van der Waals surface area contributed by atoms with Crippen molar-refractivity contribution >= 4 is 14.1 Å². The van der Waals surface area contributed by atoms with E-state index in [1.165, 1.54) is 17.5 Å². The van der Waals surface area contributed by atoms with Crippen LogP contribution < -0.4 is 0 Å². The van der Waals surface area contributed by atoms with Crippen LogP contribution in [0.1, 0.15) is 16.7 Å². The summed E-state index contributed by atoms with van der Waals surface area (Å²) in [6.07, 6.45) is 3.63. The molecule has 0 aliphatic heterocycles. The minimum absolute atomic E-state index is 1.08. The van der Waals surface area contributed by atoms with Gasteiger partial charge in [0, 0.05) is 0 Å². The maximum atomic E-state index is 2.43. The lowest BCUT2D eigenvalue weighted by Crippen LogP contribution is -2.23. The Morgan fingerprint density at radius 1 is 1.14 bits per heavy atom. The lowest BCUT2D eigenvalue weighted by Gasteiger charge is -2.17. The summed E-state index contributed by atoms with van der Waals surface area (Å²) >= 11 is 0. The minimum atomic E-state index is -1.08. The van der Waals surface area contributed by atoms with Crippen molar-refractivity contribution in [1.82, 2.24) is 0 Å². The van der Waals surface area contributed by atoms with Gasteiger partial charge >= 0.3 is 0 Å². The third-order valence-corrected chi connectivity index (χ3v) is 5.35. The zero-order valence-electron chi connectivity index (χ0n) is 9.52. The SMILES string of the molecule is Cc1cccc2c1CC([Si](C)(C)C)=C2. The summed E-state index contributed by atoms with van der Waals surface area (Å²) in [4.78, 5) is 0. The second-order valence-electron chi connectivity index (χ2n) is 5.24. The van der Waals surface area contributed by atoms with Crippen molar-refractivity contribution in [2.45, 2.75) is 33.0 Å². The van der Waals surface area contributed by atoms with E-state index in [1.807, 2.05) is 0 Å². The Labute approximate surface area is 87.7 Å². The molecule has 1 aromatic carbocycles. The number of hydrogen-bond acceptors (Lipinski definition) is 0. The average molecular weight is 202 g/mol. The molecule has 74 valence electrons. The molecule has 0 unspecified atom stereocenters. The highest BCUT2D eigenvalue weighted by atomic mass is 28.3. The molecule has 0 saturated heterocycles. The fourth-order valence-corrected chi connectivity index (χ4v) is 3.31. The van der Waals surface area contributed by atoms with Gasteiger partial charge in [-0.1, -0.05) is 49.1 Å². The van der Waals surface area contributed by atoms with Crippen molar-refractivity contribution in [1.29, 1.82) is 0 Å². The largest absolute Gasteiger partial charge is 0.0761 e. The highest BCUT2D eigenvalue weighted by Crippen LogP contribution is 2.32. The van der Waals surface area contributed by atoms with Crippen LogP contribution in [0, 0.1) is 6.92 Å². The van der Waals surface area contributed by atoms with Crippen LogP contribution in [0.15, 0.2) is 23.4 Å². The topological polar surface area (TPSA) is 0 Å². The fraction of sp³-hybridized carbons (Fsp3) is 0.385. The number of hydrogen-bond donors (Lipinski definition) is 0. The lowest BCUT2D eigenvalue weighted by atomic mass is 10.0. The van der Waals surface area contributed by atoms with Gasteiger partial charge in [-0.05, 0) is 30.0 Å². The summed E-state index contributed by atoms with van der Waals surface area (Å²) in [5, 5.41) is 1.70. The summed E-state index contributed by atoms with van der Waals surface area (Å²) in [6, 6.07) is 6.63. The van der Waals surface area contributed by atoms with Gasteiger partial charge in [0.25, 0.3) is 0 Å². The Hall–Kier alpha value is -0.823. The molecule has 0 amide bonds. The Balaban J connectivity index is 2.42. The fourth-order valence-electron chi connectivity index (χ4n) is 2.01. The molecule has 0 fully saturated rings. The molecule has 1 aliphatic rings. The van der Waals surface area contributed by atoms with Crippen LogP contribution >= 0.6 is 0 Å². The van der Waals surface area contributed by atoms with Gasteiger partial charge in [0.05, 0.1) is 8.07 Å². The Morgan fingerprint density at radius 2 is 1.86 bits per heavy atom. The molecular weight excluding hydrogens is 184 g/mol. The van der Waals surface area contributed by atoms with Crippen LogP contribution in [0.5, 0.6) is 0 Å². The molecule has 14 heavy (non-hydrogen) atoms. The van der Waals surface area contributed by atoms with Gasteiger partial charge in [-0.25, -0.2) is 0 Å². The first-order valence-electron chi connectivity index (χ1n) is 5.28. The molecule has 0 radical (unpaired) electrons. The first kappa shape index (κ1) is 9.72. The Kier molecular flexibility index (Phi) is 2.15. The van der Waals surface area contributed by atoms with E-state index in [9.17, 15) is 0 Å². The van der Waals surface area contributed by atoms with Crippen molar-refractivity contribution in [3.8, 4) is 0 Å². The maximum Gasteiger partial charge on any atom is 0.0729 e. The van der Waals surface area contributed by atoms with Crippen LogP contribution in [0.2, 0.25) is 19.6 Å². The summed E-state index contributed by atoms with van der Waals surface area (Å²) in [7, 11) is -1.08. The van der Waals surface area contributed by atoms with E-state index in [0.29, 0.717) is 0 Å². The molecule has 0 atom stereocenters. The average Bonchev–Trinajstić information content (AvgIpc) is 2.48. The quantitative estimate of drug-likeness (QED) is 0.607. The van der Waals surface area contributed by atoms with Crippen LogP contribution in [0.3, 0.4) is 0 Å². The molecule has 1 aliphatic carbocycles. The van der Waals surface area contributed by atoms with Crippen molar-refractivity contribution in [2.24, 2.45) is 0 Å². The van der Waals surface area contributed by atoms with Crippen LogP contribution in [0.4, 0.5) is 0 Å². The van der Waals surface area contributed by atoms with Gasteiger partial charge in [-0.2, -0.15) is 0 Å². The summed E-state index contributed by atoms with van der Waals surface area (Å²) < 4.78 is 0. The second-order valence-corrected chi connectivity index (χ2v) is 10.4. The molecule has 0 aromatic heterocycles. The normalized spacial score (nSPS) is 15.3. The standard InChI is InChI=1S/C13H18Si/c1-10-6-5-7-11-8-12(9-13(10)11)14(2,3)4/h5-8H,9H2,1-4H3. The van der Waals surface area contributed by atoms with E-state index in [-0.39, 0.29) is 0 Å². The highest BCUT2D eigenvalue weighted by Gasteiger charge is 2.24. The van der Waals surface area contributed by atoms with Crippen LogP contribution in [-0.4, -0.2) is 8.07 Å². The second kappa shape index (κ2) is 3.09. The summed E-state index contributed by atoms with van der Waals surface area (Å²) in [5.74, 6) is 0. The van der Waals surface area contributed by atoms with E-state index in [1.54, 1.807) is 10.8 Å². The van der Waals surface area contributed by atoms with Gasteiger partial charge in [-0.15, -0.1) is 0 Å². The van der Waals surface area contributed by atoms with E-state index in [4.69, 9.17) is 0 Å². The number of benzene rings is 1. The molecule has 1 aromatic rings. The first-order chi connectivity index (χ1) is 6.48. The predicted octanol–water partition coefficient (Wildman–Crippen LogP) is 3.81. The monoisotopic (exact) mass is 202 g/mol. The molecule has 0 nitrogen and oxygen atoms in total. The Bertz CT molecular complexity index is 394. The van der Waals surface area contributed by atoms with Crippen molar-refractivity contribution in [2.75, 3.05) is 0 Å². The van der Waals surface area contributed by atoms with Gasteiger partial charge in [0.2, 0.25) is 0 Å². The smallest absolute Gasteiger partial charge is 0.0729 e. The van der Waals surface area contributed by atoms with Crippen molar-refractivity contribution in [3.63, 3.8) is 0 Å².